The van der Waals surface area contributed by atoms with Gasteiger partial charge in [-0.2, -0.15) is 0 Å². The molecule has 4 nitrogen and oxygen atoms in total. The fourth-order valence-corrected chi connectivity index (χ4v) is 0.816. The fourth-order valence-electron chi connectivity index (χ4n) is 0.816. The molecule has 1 aromatic rings. The van der Waals surface area contributed by atoms with Crippen LogP contribution in [0.15, 0.2) is 6.20 Å². The van der Waals surface area contributed by atoms with E-state index in [2.05, 4.69) is 9.97 Å². The summed E-state index contributed by atoms with van der Waals surface area (Å²) < 4.78 is 29.2. The Kier molecular flexibility index (Phi) is 3.07. The van der Waals surface area contributed by atoms with Crippen LogP contribution in [0.2, 0.25) is 0 Å². The number of nitrogen functional groups attached to an aromatic ring is 1. The van der Waals surface area contributed by atoms with Crippen molar-refractivity contribution in [3.8, 4) is 0 Å². The minimum absolute atomic E-state index is 0.0972. The third-order valence-electron chi connectivity index (χ3n) is 1.38. The van der Waals surface area contributed by atoms with Crippen LogP contribution in [-0.4, -0.2) is 17.1 Å². The zero-order valence-corrected chi connectivity index (χ0v) is 7.00. The summed E-state index contributed by atoms with van der Waals surface area (Å²) in [5.74, 6) is 0.201. The standard InChI is InChI=1S/C7H9F2N3O/c1-13-3-5-11-2-4(10)6(12-5)7(8)9/h2,7H,3,10H2,1H3. The first-order chi connectivity index (χ1) is 6.15. The van der Waals surface area contributed by atoms with Crippen LogP contribution in [0.5, 0.6) is 0 Å². The molecule has 1 heterocycles. The second-order valence-electron chi connectivity index (χ2n) is 2.36. The number of halogens is 2. The number of hydrogen-bond acceptors (Lipinski definition) is 4. The maximum atomic E-state index is 12.2. The van der Waals surface area contributed by atoms with Gasteiger partial charge >= 0.3 is 0 Å². The molecule has 0 saturated heterocycles. The molecule has 0 radical (unpaired) electrons. The van der Waals surface area contributed by atoms with Crippen molar-refractivity contribution in [1.29, 1.82) is 0 Å². The van der Waals surface area contributed by atoms with Crippen molar-refractivity contribution in [2.45, 2.75) is 13.0 Å². The number of aromatic nitrogens is 2. The molecule has 72 valence electrons. The van der Waals surface area contributed by atoms with Crippen LogP contribution < -0.4 is 5.73 Å². The zero-order chi connectivity index (χ0) is 9.84. The van der Waals surface area contributed by atoms with E-state index in [9.17, 15) is 8.78 Å². The highest BCUT2D eigenvalue weighted by Crippen LogP contribution is 2.21. The Labute approximate surface area is 73.8 Å². The predicted octanol–water partition coefficient (Wildman–Crippen LogP) is 1.14. The number of anilines is 1. The third kappa shape index (κ3) is 2.32. The minimum Gasteiger partial charge on any atom is -0.396 e. The Hall–Kier alpha value is -1.30. The molecule has 0 aliphatic heterocycles. The molecule has 0 spiro atoms. The predicted molar refractivity (Wildman–Crippen MR) is 42.1 cm³/mol. The summed E-state index contributed by atoms with van der Waals surface area (Å²) in [7, 11) is 1.43. The Morgan fingerprint density at radius 2 is 2.31 bits per heavy atom. The van der Waals surface area contributed by atoms with Gasteiger partial charge in [-0.1, -0.05) is 0 Å². The van der Waals surface area contributed by atoms with E-state index in [1.807, 2.05) is 0 Å². The molecule has 0 bridgehead atoms. The summed E-state index contributed by atoms with van der Waals surface area (Å²) in [6, 6.07) is 0. The molecule has 2 N–H and O–H groups in total. The summed E-state index contributed by atoms with van der Waals surface area (Å²) in [5, 5.41) is 0. The van der Waals surface area contributed by atoms with Gasteiger partial charge in [0, 0.05) is 7.11 Å². The Morgan fingerprint density at radius 1 is 1.62 bits per heavy atom. The van der Waals surface area contributed by atoms with Gasteiger partial charge in [0.25, 0.3) is 6.43 Å². The smallest absolute Gasteiger partial charge is 0.282 e. The Morgan fingerprint density at radius 3 is 2.85 bits per heavy atom. The first kappa shape index (κ1) is 9.79. The summed E-state index contributed by atoms with van der Waals surface area (Å²) in [5.41, 5.74) is 4.70. The average molecular weight is 189 g/mol. The second kappa shape index (κ2) is 4.08. The lowest BCUT2D eigenvalue weighted by atomic mass is 10.3. The summed E-state index contributed by atoms with van der Waals surface area (Å²) in [4.78, 5) is 7.27. The molecule has 13 heavy (non-hydrogen) atoms. The van der Waals surface area contributed by atoms with Crippen LogP contribution in [0.25, 0.3) is 0 Å². The van der Waals surface area contributed by atoms with Crippen molar-refractivity contribution in [1.82, 2.24) is 9.97 Å². The van der Waals surface area contributed by atoms with Crippen molar-refractivity contribution in [3.05, 3.63) is 17.7 Å². The lowest BCUT2D eigenvalue weighted by molar-refractivity contribution is 0.143. The number of methoxy groups -OCH3 is 1. The van der Waals surface area contributed by atoms with Crippen LogP contribution in [0.1, 0.15) is 17.9 Å². The molecule has 0 amide bonds. The van der Waals surface area contributed by atoms with Gasteiger partial charge in [-0.15, -0.1) is 0 Å². The normalized spacial score (nSPS) is 10.8. The van der Waals surface area contributed by atoms with E-state index < -0.39 is 12.1 Å². The highest BCUT2D eigenvalue weighted by molar-refractivity contribution is 5.40. The van der Waals surface area contributed by atoms with Crippen LogP contribution in [0, 0.1) is 0 Å². The molecule has 1 rings (SSSR count). The molecule has 0 fully saturated rings. The second-order valence-corrected chi connectivity index (χ2v) is 2.36. The van der Waals surface area contributed by atoms with Crippen molar-refractivity contribution in [2.24, 2.45) is 0 Å². The van der Waals surface area contributed by atoms with E-state index in [4.69, 9.17) is 10.5 Å². The van der Waals surface area contributed by atoms with Gasteiger partial charge in [-0.05, 0) is 0 Å². The molecule has 0 aliphatic carbocycles. The molecule has 1 aromatic heterocycles. The summed E-state index contributed by atoms with van der Waals surface area (Å²) >= 11 is 0. The quantitative estimate of drug-likeness (QED) is 0.774. The molecular formula is C7H9F2N3O. The van der Waals surface area contributed by atoms with E-state index in [1.54, 1.807) is 0 Å². The van der Waals surface area contributed by atoms with Gasteiger partial charge in [-0.25, -0.2) is 18.7 Å². The van der Waals surface area contributed by atoms with Crippen molar-refractivity contribution in [3.63, 3.8) is 0 Å². The lowest BCUT2D eigenvalue weighted by Gasteiger charge is -2.04. The van der Waals surface area contributed by atoms with Crippen molar-refractivity contribution < 1.29 is 13.5 Å². The monoisotopic (exact) mass is 189 g/mol. The maximum Gasteiger partial charge on any atom is 0.282 e. The van der Waals surface area contributed by atoms with E-state index in [-0.39, 0.29) is 18.1 Å². The van der Waals surface area contributed by atoms with Gasteiger partial charge in [-0.3, -0.25) is 0 Å². The van der Waals surface area contributed by atoms with Crippen LogP contribution >= 0.6 is 0 Å². The van der Waals surface area contributed by atoms with Crippen LogP contribution in [0.4, 0.5) is 14.5 Å². The largest absolute Gasteiger partial charge is 0.396 e. The summed E-state index contributed by atoms with van der Waals surface area (Å²) in [6.45, 7) is 0.0972. The first-order valence-corrected chi connectivity index (χ1v) is 3.53. The van der Waals surface area contributed by atoms with Crippen molar-refractivity contribution in [2.75, 3.05) is 12.8 Å². The van der Waals surface area contributed by atoms with Gasteiger partial charge < -0.3 is 10.5 Å². The molecule has 0 saturated carbocycles. The van der Waals surface area contributed by atoms with E-state index in [1.165, 1.54) is 7.11 Å². The van der Waals surface area contributed by atoms with Gasteiger partial charge in [0.05, 0.1) is 11.9 Å². The topological polar surface area (TPSA) is 61.0 Å². The number of ether oxygens (including phenoxy) is 1. The SMILES string of the molecule is COCc1ncc(N)c(C(F)F)n1. The van der Waals surface area contributed by atoms with Crippen molar-refractivity contribution >= 4 is 5.69 Å². The van der Waals surface area contributed by atoms with Gasteiger partial charge in [0.1, 0.15) is 12.3 Å². The van der Waals surface area contributed by atoms with Gasteiger partial charge in [0.2, 0.25) is 0 Å². The van der Waals surface area contributed by atoms with Crippen LogP contribution in [0.3, 0.4) is 0 Å². The summed E-state index contributed by atoms with van der Waals surface area (Å²) in [6.07, 6.45) is -1.53. The van der Waals surface area contributed by atoms with E-state index >= 15 is 0 Å². The average Bonchev–Trinajstić information content (AvgIpc) is 2.08. The number of nitrogens with zero attached hydrogens (tertiary/aromatic N) is 2. The van der Waals surface area contributed by atoms with Gasteiger partial charge in [0.15, 0.2) is 5.82 Å². The Balaban J connectivity index is 2.97. The van der Waals surface area contributed by atoms with E-state index in [0.29, 0.717) is 0 Å². The number of hydrogen-bond donors (Lipinski definition) is 1. The number of alkyl halides is 2. The number of rotatable bonds is 3. The molecule has 6 heteroatoms. The highest BCUT2D eigenvalue weighted by atomic mass is 19.3. The molecule has 0 atom stereocenters. The zero-order valence-electron chi connectivity index (χ0n) is 7.00. The fraction of sp³-hybridized carbons (Fsp3) is 0.429. The first-order valence-electron chi connectivity index (χ1n) is 3.53. The van der Waals surface area contributed by atoms with Crippen LogP contribution in [-0.2, 0) is 11.3 Å². The number of nitrogens with two attached hydrogens (primary N) is 1. The third-order valence-corrected chi connectivity index (χ3v) is 1.38. The molecule has 0 aromatic carbocycles. The van der Waals surface area contributed by atoms with E-state index in [0.717, 1.165) is 6.20 Å². The Bertz CT molecular complexity index is 293. The minimum atomic E-state index is -2.68. The maximum absolute atomic E-state index is 12.2. The molecular weight excluding hydrogens is 180 g/mol. The highest BCUT2D eigenvalue weighted by Gasteiger charge is 2.14. The lowest BCUT2D eigenvalue weighted by Crippen LogP contribution is -2.05. The molecule has 0 aliphatic rings. The molecule has 0 unspecified atom stereocenters.